The number of oxazole rings is 1. The number of hydrogen-bond donors (Lipinski definition) is 1. The van der Waals surface area contributed by atoms with Crippen LogP contribution in [0.2, 0.25) is 0 Å². The van der Waals surface area contributed by atoms with Gasteiger partial charge in [-0.1, -0.05) is 24.3 Å². The highest BCUT2D eigenvalue weighted by Crippen LogP contribution is 2.29. The van der Waals surface area contributed by atoms with Crippen molar-refractivity contribution >= 4 is 38.8 Å². The van der Waals surface area contributed by atoms with Crippen LogP contribution >= 0.6 is 11.8 Å². The van der Waals surface area contributed by atoms with E-state index in [0.29, 0.717) is 36.0 Å². The molecule has 0 radical (unpaired) electrons. The number of amides is 1. The molecule has 1 aliphatic heterocycles. The van der Waals surface area contributed by atoms with E-state index in [1.165, 1.54) is 22.1 Å². The van der Waals surface area contributed by atoms with Crippen LogP contribution in [-0.4, -0.2) is 48.5 Å². The van der Waals surface area contributed by atoms with Crippen LogP contribution in [0.1, 0.15) is 26.2 Å². The number of rotatable bonds is 7. The topological polar surface area (TPSA) is 92.5 Å². The highest BCUT2D eigenvalue weighted by molar-refractivity contribution is 8.00. The number of piperidine rings is 1. The number of hydrogen-bond acceptors (Lipinski definition) is 6. The van der Waals surface area contributed by atoms with Gasteiger partial charge >= 0.3 is 0 Å². The first-order chi connectivity index (χ1) is 12.9. The Morgan fingerprint density at radius 1 is 1.41 bits per heavy atom. The predicted molar refractivity (Wildman–Crippen MR) is 105 cm³/mol. The summed E-state index contributed by atoms with van der Waals surface area (Å²) in [5, 5.41) is 2.66. The van der Waals surface area contributed by atoms with Crippen LogP contribution in [0.25, 0.3) is 11.1 Å². The molecule has 2 heterocycles. The fourth-order valence-electron chi connectivity index (χ4n) is 2.87. The molecule has 1 saturated heterocycles. The standard InChI is InChI=1S/C18H23N3O4S2/c1-3-9-19-17(22)13(2)26-18-20-15-12-14(7-8-16(15)25-18)27(23,24)21-10-5-4-6-11-21/h3,7-8,12-13H,1,4-6,9-11H2,2H3,(H,19,22). The lowest BCUT2D eigenvalue weighted by molar-refractivity contribution is -0.120. The van der Waals surface area contributed by atoms with Crippen LogP contribution in [-0.2, 0) is 14.8 Å². The fourth-order valence-corrected chi connectivity index (χ4v) is 5.19. The van der Waals surface area contributed by atoms with E-state index >= 15 is 0 Å². The minimum Gasteiger partial charge on any atom is -0.431 e. The smallest absolute Gasteiger partial charge is 0.257 e. The summed E-state index contributed by atoms with van der Waals surface area (Å²) in [5.74, 6) is -0.143. The molecule has 0 aliphatic carbocycles. The highest BCUT2D eigenvalue weighted by Gasteiger charge is 2.27. The highest BCUT2D eigenvalue weighted by atomic mass is 32.2. The van der Waals surface area contributed by atoms with Crippen molar-refractivity contribution in [2.75, 3.05) is 19.6 Å². The van der Waals surface area contributed by atoms with E-state index in [-0.39, 0.29) is 10.8 Å². The number of carbonyl (C=O) groups excluding carboxylic acids is 1. The first-order valence-corrected chi connectivity index (χ1v) is 11.2. The maximum absolute atomic E-state index is 12.8. The van der Waals surface area contributed by atoms with Crippen molar-refractivity contribution < 1.29 is 17.6 Å². The molecule has 7 nitrogen and oxygen atoms in total. The number of aromatic nitrogens is 1. The van der Waals surface area contributed by atoms with Crippen LogP contribution in [0.4, 0.5) is 0 Å². The van der Waals surface area contributed by atoms with Crippen molar-refractivity contribution in [2.24, 2.45) is 0 Å². The summed E-state index contributed by atoms with van der Waals surface area (Å²) in [6, 6.07) is 4.70. The summed E-state index contributed by atoms with van der Waals surface area (Å²) in [6.07, 6.45) is 4.45. The third kappa shape index (κ3) is 4.53. The molecule has 1 atom stereocenters. The molecule has 0 spiro atoms. The van der Waals surface area contributed by atoms with E-state index < -0.39 is 15.3 Å². The Bertz CT molecular complexity index is 933. The second-order valence-electron chi connectivity index (χ2n) is 6.37. The maximum atomic E-state index is 12.8. The quantitative estimate of drug-likeness (QED) is 0.558. The van der Waals surface area contributed by atoms with Crippen LogP contribution in [0.3, 0.4) is 0 Å². The Kier molecular flexibility index (Phi) is 6.23. The van der Waals surface area contributed by atoms with E-state index in [9.17, 15) is 13.2 Å². The number of thioether (sulfide) groups is 1. The van der Waals surface area contributed by atoms with Crippen LogP contribution in [0.15, 0.2) is 45.4 Å². The number of sulfonamides is 1. The van der Waals surface area contributed by atoms with E-state index in [2.05, 4.69) is 16.9 Å². The lowest BCUT2D eigenvalue weighted by Crippen LogP contribution is -2.35. The molecule has 1 aromatic heterocycles. The minimum absolute atomic E-state index is 0.143. The third-order valence-electron chi connectivity index (χ3n) is 4.36. The second kappa shape index (κ2) is 8.45. The molecule has 3 rings (SSSR count). The zero-order valence-corrected chi connectivity index (χ0v) is 16.8. The average molecular weight is 410 g/mol. The summed E-state index contributed by atoms with van der Waals surface area (Å²) in [5.41, 5.74) is 0.961. The van der Waals surface area contributed by atoms with Gasteiger partial charge in [-0.3, -0.25) is 4.79 Å². The number of nitrogens with zero attached hydrogens (tertiary/aromatic N) is 2. The second-order valence-corrected chi connectivity index (χ2v) is 9.60. The molecule has 0 bridgehead atoms. The lowest BCUT2D eigenvalue weighted by atomic mass is 10.2. The lowest BCUT2D eigenvalue weighted by Gasteiger charge is -2.25. The first-order valence-electron chi connectivity index (χ1n) is 8.88. The number of benzene rings is 1. The number of nitrogens with one attached hydrogen (secondary N) is 1. The zero-order valence-electron chi connectivity index (χ0n) is 15.2. The van der Waals surface area contributed by atoms with Gasteiger partial charge < -0.3 is 9.73 Å². The van der Waals surface area contributed by atoms with Gasteiger partial charge in [-0.15, -0.1) is 6.58 Å². The van der Waals surface area contributed by atoms with Crippen molar-refractivity contribution in [1.29, 1.82) is 0 Å². The van der Waals surface area contributed by atoms with E-state index in [4.69, 9.17) is 4.42 Å². The largest absolute Gasteiger partial charge is 0.431 e. The predicted octanol–water partition coefficient (Wildman–Crippen LogP) is 2.79. The first kappa shape index (κ1) is 19.9. The maximum Gasteiger partial charge on any atom is 0.257 e. The van der Waals surface area contributed by atoms with Crippen LogP contribution < -0.4 is 5.32 Å². The zero-order chi connectivity index (χ0) is 19.4. The molecule has 2 aromatic rings. The SMILES string of the molecule is C=CCNC(=O)C(C)Sc1nc2cc(S(=O)(=O)N3CCCCC3)ccc2o1. The van der Waals surface area contributed by atoms with Crippen molar-refractivity contribution in [3.8, 4) is 0 Å². The molecule has 146 valence electrons. The molecular formula is C18H23N3O4S2. The van der Waals surface area contributed by atoms with E-state index in [0.717, 1.165) is 19.3 Å². The Labute approximate surface area is 163 Å². The average Bonchev–Trinajstić information content (AvgIpc) is 3.08. The van der Waals surface area contributed by atoms with E-state index in [1.807, 2.05) is 0 Å². The van der Waals surface area contributed by atoms with Gasteiger partial charge in [0.1, 0.15) is 5.52 Å². The Balaban J connectivity index is 1.78. The summed E-state index contributed by atoms with van der Waals surface area (Å²) < 4.78 is 32.8. The monoisotopic (exact) mass is 409 g/mol. The number of fused-ring (bicyclic) bond motifs is 1. The van der Waals surface area contributed by atoms with Crippen LogP contribution in [0, 0.1) is 0 Å². The summed E-state index contributed by atoms with van der Waals surface area (Å²) in [6.45, 7) is 6.82. The third-order valence-corrected chi connectivity index (χ3v) is 7.20. The molecular weight excluding hydrogens is 386 g/mol. The van der Waals surface area contributed by atoms with Crippen molar-refractivity contribution in [2.45, 2.75) is 41.6 Å². The van der Waals surface area contributed by atoms with Gasteiger partial charge in [0.2, 0.25) is 15.9 Å². The Hall–Kier alpha value is -1.84. The molecule has 1 amide bonds. The van der Waals surface area contributed by atoms with E-state index in [1.54, 1.807) is 25.1 Å². The molecule has 27 heavy (non-hydrogen) atoms. The molecule has 1 aliphatic rings. The normalized spacial score (nSPS) is 16.9. The van der Waals surface area contributed by atoms with Gasteiger partial charge in [0.05, 0.1) is 10.1 Å². The summed E-state index contributed by atoms with van der Waals surface area (Å²) in [4.78, 5) is 16.5. The van der Waals surface area contributed by atoms with Gasteiger partial charge in [0.25, 0.3) is 5.22 Å². The molecule has 9 heteroatoms. The fraction of sp³-hybridized carbons (Fsp3) is 0.444. The van der Waals surface area contributed by atoms with Gasteiger partial charge in [-0.25, -0.2) is 13.4 Å². The van der Waals surface area contributed by atoms with Crippen molar-refractivity contribution in [1.82, 2.24) is 14.6 Å². The molecule has 1 N–H and O–H groups in total. The summed E-state index contributed by atoms with van der Waals surface area (Å²) >= 11 is 1.19. The Morgan fingerprint density at radius 3 is 2.85 bits per heavy atom. The van der Waals surface area contributed by atoms with Crippen molar-refractivity contribution in [3.05, 3.63) is 30.9 Å². The van der Waals surface area contributed by atoms with Gasteiger partial charge in [0.15, 0.2) is 5.58 Å². The Morgan fingerprint density at radius 2 is 2.15 bits per heavy atom. The number of carbonyl (C=O) groups is 1. The van der Waals surface area contributed by atoms with Crippen molar-refractivity contribution in [3.63, 3.8) is 0 Å². The van der Waals surface area contributed by atoms with Gasteiger partial charge in [-0.05, 0) is 38.0 Å². The molecule has 1 aromatic carbocycles. The summed E-state index contributed by atoms with van der Waals surface area (Å²) in [7, 11) is -3.52. The molecule has 1 unspecified atom stereocenters. The minimum atomic E-state index is -3.52. The van der Waals surface area contributed by atoms with Gasteiger partial charge in [-0.2, -0.15) is 4.31 Å². The van der Waals surface area contributed by atoms with Gasteiger partial charge in [0, 0.05) is 19.6 Å². The molecule has 0 saturated carbocycles. The molecule has 1 fully saturated rings. The van der Waals surface area contributed by atoms with Crippen LogP contribution in [0.5, 0.6) is 0 Å².